The highest BCUT2D eigenvalue weighted by molar-refractivity contribution is 6.30. The zero-order valence-corrected chi connectivity index (χ0v) is 15.6. The number of anilines is 2. The van der Waals surface area contributed by atoms with Crippen molar-refractivity contribution in [1.29, 1.82) is 0 Å². The van der Waals surface area contributed by atoms with Crippen molar-refractivity contribution in [2.75, 3.05) is 43.4 Å². The van der Waals surface area contributed by atoms with Gasteiger partial charge in [0.15, 0.2) is 0 Å². The average Bonchev–Trinajstić information content (AvgIpc) is 2.62. The number of nitrogens with one attached hydrogen (secondary N) is 1. The maximum Gasteiger partial charge on any atom is 0.241 e. The largest absolute Gasteiger partial charge is 0.489 e. The van der Waals surface area contributed by atoms with E-state index < -0.39 is 0 Å². The number of carbonyl (C=O) groups excluding carboxylic acids is 1. The maximum atomic E-state index is 11.9. The van der Waals surface area contributed by atoms with Gasteiger partial charge in [0.05, 0.1) is 13.1 Å². The van der Waals surface area contributed by atoms with E-state index in [4.69, 9.17) is 16.3 Å². The Morgan fingerprint density at radius 1 is 1.31 bits per heavy atom. The lowest BCUT2D eigenvalue weighted by Crippen LogP contribution is -2.48. The summed E-state index contributed by atoms with van der Waals surface area (Å²) in [4.78, 5) is 24.1. The Morgan fingerprint density at radius 2 is 2.15 bits per heavy atom. The van der Waals surface area contributed by atoms with Crippen molar-refractivity contribution < 1.29 is 9.53 Å². The number of benzene rings is 1. The van der Waals surface area contributed by atoms with E-state index >= 15 is 0 Å². The fraction of sp³-hybridized carbons (Fsp3) is 0.389. The first-order valence-electron chi connectivity index (χ1n) is 8.48. The number of ether oxygens (including phenoxy) is 1. The molecule has 7 nitrogen and oxygen atoms in total. The van der Waals surface area contributed by atoms with Crippen molar-refractivity contribution in [2.24, 2.45) is 0 Å². The Hall–Kier alpha value is -2.54. The third-order valence-electron chi connectivity index (χ3n) is 4.14. The van der Waals surface area contributed by atoms with Gasteiger partial charge < -0.3 is 19.9 Å². The number of hydrogen-bond acceptors (Lipinski definition) is 6. The molecule has 138 valence electrons. The molecule has 2 aromatic rings. The Bertz CT molecular complexity index is 773. The Labute approximate surface area is 157 Å². The average molecular weight is 376 g/mol. The molecule has 0 aliphatic carbocycles. The van der Waals surface area contributed by atoms with Crippen molar-refractivity contribution in [3.05, 3.63) is 41.7 Å². The number of halogens is 1. The molecule has 0 spiro atoms. The summed E-state index contributed by atoms with van der Waals surface area (Å²) in [5.74, 6) is 2.26. The summed E-state index contributed by atoms with van der Waals surface area (Å²) in [6.45, 7) is 4.32. The molecule has 26 heavy (non-hydrogen) atoms. The molecule has 1 aromatic carbocycles. The molecule has 1 saturated heterocycles. The minimum atomic E-state index is -0.0721. The van der Waals surface area contributed by atoms with E-state index in [-0.39, 0.29) is 12.0 Å². The van der Waals surface area contributed by atoms with Crippen LogP contribution >= 0.6 is 11.6 Å². The zero-order valence-electron chi connectivity index (χ0n) is 14.9. The molecule has 1 fully saturated rings. The fourth-order valence-corrected chi connectivity index (χ4v) is 2.81. The van der Waals surface area contributed by atoms with Gasteiger partial charge in [-0.3, -0.25) is 4.79 Å². The predicted molar refractivity (Wildman–Crippen MR) is 102 cm³/mol. The Balaban J connectivity index is 1.56. The lowest BCUT2D eigenvalue weighted by molar-refractivity contribution is -0.129. The second kappa shape index (κ2) is 8.23. The van der Waals surface area contributed by atoms with Crippen LogP contribution < -0.4 is 15.0 Å². The van der Waals surface area contributed by atoms with Crippen LogP contribution in [0, 0.1) is 0 Å². The van der Waals surface area contributed by atoms with Crippen LogP contribution in [0.4, 0.5) is 11.6 Å². The van der Waals surface area contributed by atoms with E-state index in [1.807, 2.05) is 43.1 Å². The maximum absolute atomic E-state index is 11.9. The smallest absolute Gasteiger partial charge is 0.241 e. The zero-order chi connectivity index (χ0) is 18.5. The van der Waals surface area contributed by atoms with Gasteiger partial charge in [-0.25, -0.2) is 9.97 Å². The second-order valence-corrected chi connectivity index (χ2v) is 6.70. The first kappa shape index (κ1) is 18.3. The fourth-order valence-electron chi connectivity index (χ4n) is 2.63. The van der Waals surface area contributed by atoms with E-state index in [0.29, 0.717) is 30.5 Å². The summed E-state index contributed by atoms with van der Waals surface area (Å²) in [5, 5.41) is 3.89. The van der Waals surface area contributed by atoms with Gasteiger partial charge in [-0.2, -0.15) is 0 Å². The quantitative estimate of drug-likeness (QED) is 0.835. The van der Waals surface area contributed by atoms with Crippen LogP contribution in [0.25, 0.3) is 0 Å². The van der Waals surface area contributed by atoms with Crippen LogP contribution in [-0.2, 0) is 4.79 Å². The van der Waals surface area contributed by atoms with E-state index in [1.165, 1.54) is 6.33 Å². The van der Waals surface area contributed by atoms with Crippen molar-refractivity contribution in [3.63, 3.8) is 0 Å². The number of carbonyl (C=O) groups is 1. The van der Waals surface area contributed by atoms with Gasteiger partial charge in [-0.15, -0.1) is 0 Å². The molecular formula is C18H22ClN5O2. The van der Waals surface area contributed by atoms with E-state index in [1.54, 1.807) is 11.0 Å². The summed E-state index contributed by atoms with van der Waals surface area (Å²) in [6.07, 6.45) is 1.43. The molecule has 3 rings (SSSR count). The first-order chi connectivity index (χ1) is 12.5. The highest BCUT2D eigenvalue weighted by Gasteiger charge is 2.22. The van der Waals surface area contributed by atoms with Crippen LogP contribution in [-0.4, -0.2) is 60.1 Å². The monoisotopic (exact) mass is 375 g/mol. The predicted octanol–water partition coefficient (Wildman–Crippen LogP) is 2.29. The molecule has 0 bridgehead atoms. The summed E-state index contributed by atoms with van der Waals surface area (Å²) in [6, 6.07) is 9.17. The molecule has 1 N–H and O–H groups in total. The van der Waals surface area contributed by atoms with Gasteiger partial charge in [-0.1, -0.05) is 17.7 Å². The Kier molecular flexibility index (Phi) is 5.78. The molecule has 2 heterocycles. The van der Waals surface area contributed by atoms with E-state index in [0.717, 1.165) is 18.1 Å². The van der Waals surface area contributed by atoms with Gasteiger partial charge in [0.2, 0.25) is 5.91 Å². The summed E-state index contributed by atoms with van der Waals surface area (Å²) in [7, 11) is 1.81. The number of likely N-dealkylation sites (N-methyl/N-ethyl adjacent to an activating group) is 1. The molecule has 0 radical (unpaired) electrons. The lowest BCUT2D eigenvalue weighted by atomic mass is 10.3. The standard InChI is InChI=1S/C18H22ClN5O2/c1-13(26-15-5-3-4-14(19)8-15)10-20-16-9-17(22-12-21-16)24-7-6-23(2)18(25)11-24/h3-5,8-9,12-13H,6-7,10-11H2,1-2H3,(H,20,21,22). The van der Waals surface area contributed by atoms with Gasteiger partial charge in [0.25, 0.3) is 0 Å². The normalized spacial score (nSPS) is 15.7. The third-order valence-corrected chi connectivity index (χ3v) is 4.37. The number of amides is 1. The minimum Gasteiger partial charge on any atom is -0.489 e. The molecule has 1 amide bonds. The third kappa shape index (κ3) is 4.76. The van der Waals surface area contributed by atoms with Crippen molar-refractivity contribution in [3.8, 4) is 5.75 Å². The molecular weight excluding hydrogens is 354 g/mol. The summed E-state index contributed by atoms with van der Waals surface area (Å²) < 4.78 is 5.84. The van der Waals surface area contributed by atoms with Crippen LogP contribution in [0.3, 0.4) is 0 Å². The Morgan fingerprint density at radius 3 is 2.92 bits per heavy atom. The van der Waals surface area contributed by atoms with Gasteiger partial charge in [0, 0.05) is 31.2 Å². The first-order valence-corrected chi connectivity index (χ1v) is 8.86. The van der Waals surface area contributed by atoms with Gasteiger partial charge >= 0.3 is 0 Å². The van der Waals surface area contributed by atoms with Crippen LogP contribution in [0.15, 0.2) is 36.7 Å². The van der Waals surface area contributed by atoms with E-state index in [9.17, 15) is 4.79 Å². The molecule has 1 unspecified atom stereocenters. The van der Waals surface area contributed by atoms with Crippen molar-refractivity contribution >= 4 is 29.1 Å². The van der Waals surface area contributed by atoms with Crippen LogP contribution in [0.2, 0.25) is 5.02 Å². The topological polar surface area (TPSA) is 70.6 Å². The van der Waals surface area contributed by atoms with Crippen LogP contribution in [0.5, 0.6) is 5.75 Å². The molecule has 1 aliphatic heterocycles. The van der Waals surface area contributed by atoms with Crippen LogP contribution in [0.1, 0.15) is 6.92 Å². The summed E-state index contributed by atoms with van der Waals surface area (Å²) >= 11 is 5.97. The lowest BCUT2D eigenvalue weighted by Gasteiger charge is -2.32. The number of piperazine rings is 1. The SMILES string of the molecule is CC(CNc1cc(N2CCN(C)C(=O)C2)ncn1)Oc1cccc(Cl)c1. The van der Waals surface area contributed by atoms with Gasteiger partial charge in [0.1, 0.15) is 29.8 Å². The molecule has 0 saturated carbocycles. The number of hydrogen-bond donors (Lipinski definition) is 1. The van der Waals surface area contributed by atoms with Crippen molar-refractivity contribution in [1.82, 2.24) is 14.9 Å². The minimum absolute atomic E-state index is 0.0721. The number of aromatic nitrogens is 2. The molecule has 8 heteroatoms. The van der Waals surface area contributed by atoms with Gasteiger partial charge in [-0.05, 0) is 25.1 Å². The highest BCUT2D eigenvalue weighted by atomic mass is 35.5. The summed E-state index contributed by atoms with van der Waals surface area (Å²) in [5.41, 5.74) is 0. The number of rotatable bonds is 6. The second-order valence-electron chi connectivity index (χ2n) is 6.27. The molecule has 1 aromatic heterocycles. The van der Waals surface area contributed by atoms with E-state index in [2.05, 4.69) is 15.3 Å². The highest BCUT2D eigenvalue weighted by Crippen LogP contribution is 2.19. The molecule has 1 atom stereocenters. The van der Waals surface area contributed by atoms with Crippen molar-refractivity contribution in [2.45, 2.75) is 13.0 Å². The number of nitrogens with zero attached hydrogens (tertiary/aromatic N) is 4. The molecule has 1 aliphatic rings.